The highest BCUT2D eigenvalue weighted by atomic mass is 35.5. The molecular weight excluding hydrogens is 365 g/mol. The fraction of sp³-hybridized carbons (Fsp3) is 0.167. The maximum atomic E-state index is 13.9. The molecule has 0 spiro atoms. The van der Waals surface area contributed by atoms with E-state index in [1.54, 1.807) is 12.1 Å². The second-order valence-electron chi connectivity index (χ2n) is 5.67. The highest BCUT2D eigenvalue weighted by Crippen LogP contribution is 2.37. The van der Waals surface area contributed by atoms with E-state index in [1.807, 2.05) is 25.1 Å². The normalized spacial score (nSPS) is 13.9. The highest BCUT2D eigenvalue weighted by molar-refractivity contribution is 7.21. The van der Waals surface area contributed by atoms with Crippen LogP contribution in [-0.2, 0) is 0 Å². The zero-order chi connectivity index (χ0) is 17.6. The monoisotopic (exact) mass is 377 g/mol. The second-order valence-corrected chi connectivity index (χ2v) is 7.10. The molecule has 1 atom stereocenters. The van der Waals surface area contributed by atoms with Crippen molar-refractivity contribution < 1.29 is 18.7 Å². The Bertz CT molecular complexity index is 988. The van der Waals surface area contributed by atoms with Crippen molar-refractivity contribution in [2.75, 3.05) is 6.79 Å². The molecule has 3 aromatic rings. The molecule has 0 fully saturated rings. The van der Waals surface area contributed by atoms with E-state index in [2.05, 4.69) is 5.32 Å². The Balaban J connectivity index is 1.60. The lowest BCUT2D eigenvalue weighted by molar-refractivity contribution is 0.0944. The zero-order valence-electron chi connectivity index (χ0n) is 13.1. The molecule has 1 aromatic heterocycles. The van der Waals surface area contributed by atoms with Gasteiger partial charge in [0.1, 0.15) is 10.7 Å². The molecule has 4 nitrogen and oxygen atoms in total. The van der Waals surface area contributed by atoms with E-state index >= 15 is 0 Å². The van der Waals surface area contributed by atoms with Crippen LogP contribution in [0.15, 0.2) is 36.4 Å². The largest absolute Gasteiger partial charge is 0.454 e. The van der Waals surface area contributed by atoms with Gasteiger partial charge >= 0.3 is 0 Å². The van der Waals surface area contributed by atoms with Crippen LogP contribution in [0.5, 0.6) is 11.5 Å². The van der Waals surface area contributed by atoms with Crippen LogP contribution in [0, 0.1) is 5.82 Å². The quantitative estimate of drug-likeness (QED) is 0.705. The lowest BCUT2D eigenvalue weighted by Crippen LogP contribution is -2.26. The van der Waals surface area contributed by atoms with Gasteiger partial charge in [-0.2, -0.15) is 0 Å². The average molecular weight is 378 g/mol. The molecule has 1 aliphatic heterocycles. The predicted molar refractivity (Wildman–Crippen MR) is 95.2 cm³/mol. The van der Waals surface area contributed by atoms with E-state index in [9.17, 15) is 9.18 Å². The van der Waals surface area contributed by atoms with Gasteiger partial charge < -0.3 is 14.8 Å². The van der Waals surface area contributed by atoms with Gasteiger partial charge in [0.15, 0.2) is 11.5 Å². The predicted octanol–water partition coefficient (Wildman–Crippen LogP) is 4.91. The topological polar surface area (TPSA) is 47.6 Å². The second kappa shape index (κ2) is 6.20. The van der Waals surface area contributed by atoms with Crippen LogP contribution in [0.1, 0.15) is 28.2 Å². The molecule has 2 aromatic carbocycles. The molecule has 1 aliphatic rings. The van der Waals surface area contributed by atoms with Gasteiger partial charge in [-0.15, -0.1) is 11.3 Å². The van der Waals surface area contributed by atoms with Gasteiger partial charge in [-0.3, -0.25) is 4.79 Å². The summed E-state index contributed by atoms with van der Waals surface area (Å²) in [5.41, 5.74) is 0.876. The molecule has 2 heterocycles. The Morgan fingerprint density at radius 2 is 2.08 bits per heavy atom. The van der Waals surface area contributed by atoms with Crippen molar-refractivity contribution in [2.45, 2.75) is 13.0 Å². The third-order valence-corrected chi connectivity index (χ3v) is 5.70. The minimum absolute atomic E-state index is 0.147. The molecule has 0 saturated heterocycles. The van der Waals surface area contributed by atoms with Crippen molar-refractivity contribution in [1.29, 1.82) is 0 Å². The molecule has 7 heteroatoms. The molecule has 4 rings (SSSR count). The number of carbonyl (C=O) groups is 1. The number of halogens is 2. The first-order valence-corrected chi connectivity index (χ1v) is 8.81. The van der Waals surface area contributed by atoms with Crippen molar-refractivity contribution in [3.05, 3.63) is 57.7 Å². The first kappa shape index (κ1) is 16.2. The van der Waals surface area contributed by atoms with Crippen molar-refractivity contribution in [3.63, 3.8) is 0 Å². The molecule has 128 valence electrons. The van der Waals surface area contributed by atoms with E-state index in [0.717, 1.165) is 5.56 Å². The Labute approximate surface area is 152 Å². The number of fused-ring (bicyclic) bond motifs is 2. The van der Waals surface area contributed by atoms with Crippen molar-refractivity contribution in [1.82, 2.24) is 5.32 Å². The number of hydrogen-bond donors (Lipinski definition) is 1. The molecular formula is C18H13ClFNO3S. The van der Waals surface area contributed by atoms with Crippen molar-refractivity contribution in [3.8, 4) is 11.5 Å². The lowest BCUT2D eigenvalue weighted by Gasteiger charge is -2.14. The van der Waals surface area contributed by atoms with Crippen molar-refractivity contribution in [2.24, 2.45) is 0 Å². The van der Waals surface area contributed by atoms with Crippen LogP contribution < -0.4 is 14.8 Å². The zero-order valence-corrected chi connectivity index (χ0v) is 14.7. The highest BCUT2D eigenvalue weighted by Gasteiger charge is 2.22. The summed E-state index contributed by atoms with van der Waals surface area (Å²) in [5, 5.41) is 3.33. The molecule has 1 N–H and O–H groups in total. The van der Waals surface area contributed by atoms with Gasteiger partial charge in [-0.25, -0.2) is 4.39 Å². The van der Waals surface area contributed by atoms with Gasteiger partial charge in [-0.05, 0) is 36.8 Å². The first-order valence-electron chi connectivity index (χ1n) is 7.61. The van der Waals surface area contributed by atoms with E-state index in [1.165, 1.54) is 17.4 Å². The third-order valence-electron chi connectivity index (χ3n) is 4.06. The van der Waals surface area contributed by atoms with Gasteiger partial charge in [0, 0.05) is 10.1 Å². The maximum absolute atomic E-state index is 13.9. The number of ether oxygens (including phenoxy) is 2. The summed E-state index contributed by atoms with van der Waals surface area (Å²) in [6, 6.07) is 9.91. The van der Waals surface area contributed by atoms with E-state index in [-0.39, 0.29) is 29.2 Å². The standard InChI is InChI=1S/C18H13ClFNO3S/c1-9(10-5-6-12-13(7-10)24-8-23-12)21-18(22)17-16(19)15-11(20)3-2-4-14(15)25-17/h2-7,9H,8H2,1H3,(H,21,22)/t9-/m0/s1. The summed E-state index contributed by atoms with van der Waals surface area (Å²) >= 11 is 7.41. The van der Waals surface area contributed by atoms with Crippen LogP contribution in [0.3, 0.4) is 0 Å². The van der Waals surface area contributed by atoms with Crippen LogP contribution in [0.25, 0.3) is 10.1 Å². The summed E-state index contributed by atoms with van der Waals surface area (Å²) in [5.74, 6) is 0.572. The molecule has 0 unspecified atom stereocenters. The molecule has 0 radical (unpaired) electrons. The Hall–Kier alpha value is -2.31. The fourth-order valence-corrected chi connectivity index (χ4v) is 4.21. The summed E-state index contributed by atoms with van der Waals surface area (Å²) < 4.78 is 25.2. The maximum Gasteiger partial charge on any atom is 0.263 e. The molecule has 1 amide bonds. The molecule has 25 heavy (non-hydrogen) atoms. The summed E-state index contributed by atoms with van der Waals surface area (Å²) in [4.78, 5) is 12.9. The van der Waals surface area contributed by atoms with Gasteiger partial charge in [0.25, 0.3) is 5.91 Å². The number of hydrogen-bond acceptors (Lipinski definition) is 4. The third kappa shape index (κ3) is 2.81. The summed E-state index contributed by atoms with van der Waals surface area (Å²) in [6.07, 6.45) is 0. The fourth-order valence-electron chi connectivity index (χ4n) is 2.74. The smallest absolute Gasteiger partial charge is 0.263 e. The first-order chi connectivity index (χ1) is 12.0. The van der Waals surface area contributed by atoms with Gasteiger partial charge in [0.05, 0.1) is 11.1 Å². The van der Waals surface area contributed by atoms with Gasteiger partial charge in [-0.1, -0.05) is 23.7 Å². The number of carbonyl (C=O) groups excluding carboxylic acids is 1. The number of rotatable bonds is 3. The number of benzene rings is 2. The van der Waals surface area contributed by atoms with E-state index in [0.29, 0.717) is 21.1 Å². The Morgan fingerprint density at radius 3 is 2.88 bits per heavy atom. The Morgan fingerprint density at radius 1 is 1.28 bits per heavy atom. The summed E-state index contributed by atoms with van der Waals surface area (Å²) in [6.45, 7) is 2.06. The SMILES string of the molecule is C[C@H](NC(=O)c1sc2cccc(F)c2c1Cl)c1ccc2c(c1)OCO2. The van der Waals surface area contributed by atoms with Crippen LogP contribution in [-0.4, -0.2) is 12.7 Å². The minimum Gasteiger partial charge on any atom is -0.454 e. The lowest BCUT2D eigenvalue weighted by atomic mass is 10.1. The molecule has 0 bridgehead atoms. The van der Waals surface area contributed by atoms with Crippen LogP contribution in [0.4, 0.5) is 4.39 Å². The summed E-state index contributed by atoms with van der Waals surface area (Å²) in [7, 11) is 0. The minimum atomic E-state index is -0.429. The number of thiophene rings is 1. The Kier molecular flexibility index (Phi) is 4.01. The molecule has 0 aliphatic carbocycles. The average Bonchev–Trinajstić information content (AvgIpc) is 3.19. The van der Waals surface area contributed by atoms with Crippen molar-refractivity contribution >= 4 is 38.9 Å². The van der Waals surface area contributed by atoms with Crippen LogP contribution in [0.2, 0.25) is 5.02 Å². The van der Waals surface area contributed by atoms with Gasteiger partial charge in [0.2, 0.25) is 6.79 Å². The van der Waals surface area contributed by atoms with E-state index < -0.39 is 5.82 Å². The molecule has 0 saturated carbocycles. The number of nitrogens with one attached hydrogen (secondary N) is 1. The van der Waals surface area contributed by atoms with E-state index in [4.69, 9.17) is 21.1 Å². The number of amides is 1. The van der Waals surface area contributed by atoms with Crippen LogP contribution >= 0.6 is 22.9 Å².